The van der Waals surface area contributed by atoms with E-state index in [9.17, 15) is 5.11 Å². The zero-order valence-corrected chi connectivity index (χ0v) is 9.07. The van der Waals surface area contributed by atoms with Gasteiger partial charge in [-0.15, -0.1) is 0 Å². The summed E-state index contributed by atoms with van der Waals surface area (Å²) in [5.74, 6) is 0. The summed E-state index contributed by atoms with van der Waals surface area (Å²) in [6.07, 6.45) is 4.78. The Labute approximate surface area is 85.8 Å². The van der Waals surface area contributed by atoms with E-state index in [-0.39, 0.29) is 6.10 Å². The van der Waals surface area contributed by atoms with Crippen LogP contribution in [-0.4, -0.2) is 35.5 Å². The molecule has 2 unspecified atom stereocenters. The van der Waals surface area contributed by atoms with E-state index in [4.69, 9.17) is 4.74 Å². The van der Waals surface area contributed by atoms with Gasteiger partial charge in [-0.05, 0) is 39.5 Å². The lowest BCUT2D eigenvalue weighted by Crippen LogP contribution is -2.51. The predicted octanol–water partition coefficient (Wildman–Crippen LogP) is 1.06. The Morgan fingerprint density at radius 1 is 1.00 bits per heavy atom. The van der Waals surface area contributed by atoms with Crippen LogP contribution in [0.3, 0.4) is 0 Å². The molecule has 0 spiro atoms. The molecule has 14 heavy (non-hydrogen) atoms. The van der Waals surface area contributed by atoms with Crippen molar-refractivity contribution in [2.24, 2.45) is 0 Å². The van der Waals surface area contributed by atoms with E-state index in [1.54, 1.807) is 0 Å². The molecular weight excluding hydrogens is 178 g/mol. The quantitative estimate of drug-likeness (QED) is 0.698. The number of rotatable bonds is 2. The van der Waals surface area contributed by atoms with Crippen LogP contribution in [0.4, 0.5) is 0 Å². The minimum absolute atomic E-state index is 0.0535. The molecule has 1 aliphatic heterocycles. The van der Waals surface area contributed by atoms with Crippen LogP contribution in [0, 0.1) is 0 Å². The Morgan fingerprint density at radius 2 is 1.50 bits per heavy atom. The van der Waals surface area contributed by atoms with Crippen LogP contribution in [0.25, 0.3) is 0 Å². The number of ether oxygens (including phenoxy) is 1. The summed E-state index contributed by atoms with van der Waals surface area (Å²) in [6.45, 7) is 4.28. The molecule has 3 nitrogen and oxygen atoms in total. The number of nitrogens with one attached hydrogen (secondary N) is 1. The Kier molecular flexibility index (Phi) is 3.10. The van der Waals surface area contributed by atoms with Crippen LogP contribution in [0.1, 0.15) is 39.5 Å². The molecule has 2 rings (SSSR count). The molecule has 0 bridgehead atoms. The highest BCUT2D eigenvalue weighted by Crippen LogP contribution is 2.24. The van der Waals surface area contributed by atoms with Gasteiger partial charge in [0.1, 0.15) is 0 Å². The Morgan fingerprint density at radius 3 is 2.00 bits per heavy atom. The van der Waals surface area contributed by atoms with Crippen molar-refractivity contribution in [3.8, 4) is 0 Å². The summed E-state index contributed by atoms with van der Waals surface area (Å²) in [4.78, 5) is 0. The standard InChI is InChI=1S/C11H21NO2/c1-7-3-9(4-8(2)14-7)12-10-5-11(13)6-10/h7-13H,3-6H2,1-2H3. The van der Waals surface area contributed by atoms with Crippen molar-refractivity contribution >= 4 is 0 Å². The van der Waals surface area contributed by atoms with Gasteiger partial charge >= 0.3 is 0 Å². The molecule has 0 amide bonds. The molecule has 82 valence electrons. The fourth-order valence-corrected chi connectivity index (χ4v) is 2.60. The van der Waals surface area contributed by atoms with Gasteiger partial charge in [-0.1, -0.05) is 0 Å². The highest BCUT2D eigenvalue weighted by molar-refractivity contribution is 4.89. The van der Waals surface area contributed by atoms with Crippen LogP contribution in [0.2, 0.25) is 0 Å². The minimum Gasteiger partial charge on any atom is -0.393 e. The van der Waals surface area contributed by atoms with Crippen LogP contribution in [-0.2, 0) is 4.74 Å². The van der Waals surface area contributed by atoms with Gasteiger partial charge in [-0.3, -0.25) is 0 Å². The largest absolute Gasteiger partial charge is 0.393 e. The van der Waals surface area contributed by atoms with E-state index in [2.05, 4.69) is 19.2 Å². The van der Waals surface area contributed by atoms with Gasteiger partial charge in [0.05, 0.1) is 18.3 Å². The molecule has 0 aromatic carbocycles. The first-order valence-corrected chi connectivity index (χ1v) is 5.73. The van der Waals surface area contributed by atoms with E-state index in [0.29, 0.717) is 24.3 Å². The fourth-order valence-electron chi connectivity index (χ4n) is 2.60. The topological polar surface area (TPSA) is 41.5 Å². The summed E-state index contributed by atoms with van der Waals surface area (Å²) in [5, 5.41) is 12.8. The molecule has 2 fully saturated rings. The Bertz CT molecular complexity index is 182. The van der Waals surface area contributed by atoms with E-state index in [1.807, 2.05) is 0 Å². The summed E-state index contributed by atoms with van der Waals surface area (Å²) >= 11 is 0. The van der Waals surface area contributed by atoms with E-state index in [1.165, 1.54) is 0 Å². The average Bonchev–Trinajstić information content (AvgIpc) is 1.99. The number of hydrogen-bond donors (Lipinski definition) is 2. The van der Waals surface area contributed by atoms with Crippen LogP contribution < -0.4 is 5.32 Å². The van der Waals surface area contributed by atoms with Crippen molar-refractivity contribution in [2.75, 3.05) is 0 Å². The van der Waals surface area contributed by atoms with Crippen LogP contribution in [0.15, 0.2) is 0 Å². The fraction of sp³-hybridized carbons (Fsp3) is 1.00. The highest BCUT2D eigenvalue weighted by atomic mass is 16.5. The summed E-state index contributed by atoms with van der Waals surface area (Å²) < 4.78 is 5.68. The maximum absolute atomic E-state index is 9.19. The third kappa shape index (κ3) is 2.47. The molecular formula is C11H21NO2. The second-order valence-corrected chi connectivity index (χ2v) is 4.91. The molecule has 2 aliphatic rings. The molecule has 0 aromatic heterocycles. The maximum Gasteiger partial charge on any atom is 0.0570 e. The van der Waals surface area contributed by atoms with Gasteiger partial charge in [0.2, 0.25) is 0 Å². The van der Waals surface area contributed by atoms with Gasteiger partial charge < -0.3 is 15.2 Å². The zero-order chi connectivity index (χ0) is 10.1. The summed E-state index contributed by atoms with van der Waals surface area (Å²) in [7, 11) is 0. The third-order valence-corrected chi connectivity index (χ3v) is 3.28. The van der Waals surface area contributed by atoms with Crippen LogP contribution >= 0.6 is 0 Å². The van der Waals surface area contributed by atoms with Gasteiger partial charge in [-0.2, -0.15) is 0 Å². The van der Waals surface area contributed by atoms with E-state index >= 15 is 0 Å². The van der Waals surface area contributed by atoms with Crippen LogP contribution in [0.5, 0.6) is 0 Å². The molecule has 1 heterocycles. The lowest BCUT2D eigenvalue weighted by Gasteiger charge is -2.39. The zero-order valence-electron chi connectivity index (χ0n) is 9.07. The first-order chi connectivity index (χ1) is 6.63. The Balaban J connectivity index is 1.74. The smallest absolute Gasteiger partial charge is 0.0570 e. The van der Waals surface area contributed by atoms with Crippen molar-refractivity contribution in [1.29, 1.82) is 0 Å². The molecule has 0 aromatic rings. The second-order valence-electron chi connectivity index (χ2n) is 4.91. The third-order valence-electron chi connectivity index (χ3n) is 3.28. The van der Waals surface area contributed by atoms with Gasteiger partial charge in [-0.25, -0.2) is 0 Å². The van der Waals surface area contributed by atoms with Gasteiger partial charge in [0, 0.05) is 12.1 Å². The molecule has 1 saturated carbocycles. The van der Waals surface area contributed by atoms with Gasteiger partial charge in [0.25, 0.3) is 0 Å². The average molecular weight is 199 g/mol. The van der Waals surface area contributed by atoms with Gasteiger partial charge in [0.15, 0.2) is 0 Å². The SMILES string of the molecule is CC1CC(NC2CC(O)C2)CC(C)O1. The Hall–Kier alpha value is -0.120. The number of aliphatic hydroxyl groups is 1. The summed E-state index contributed by atoms with van der Waals surface area (Å²) in [5.41, 5.74) is 0. The van der Waals surface area contributed by atoms with Crippen molar-refractivity contribution in [1.82, 2.24) is 5.32 Å². The number of hydrogen-bond acceptors (Lipinski definition) is 3. The first kappa shape index (κ1) is 10.4. The monoisotopic (exact) mass is 199 g/mol. The van der Waals surface area contributed by atoms with E-state index < -0.39 is 0 Å². The summed E-state index contributed by atoms with van der Waals surface area (Å²) in [6, 6.07) is 1.14. The molecule has 0 radical (unpaired) electrons. The molecule has 2 atom stereocenters. The second kappa shape index (κ2) is 4.17. The molecule has 2 N–H and O–H groups in total. The lowest BCUT2D eigenvalue weighted by molar-refractivity contribution is -0.0485. The normalized spacial score (nSPS) is 48.6. The van der Waals surface area contributed by atoms with Crippen molar-refractivity contribution in [3.63, 3.8) is 0 Å². The van der Waals surface area contributed by atoms with Crippen molar-refractivity contribution < 1.29 is 9.84 Å². The first-order valence-electron chi connectivity index (χ1n) is 5.73. The molecule has 1 saturated heterocycles. The molecule has 3 heteroatoms. The maximum atomic E-state index is 9.19. The minimum atomic E-state index is -0.0535. The lowest BCUT2D eigenvalue weighted by atomic mass is 9.87. The van der Waals surface area contributed by atoms with E-state index in [0.717, 1.165) is 25.7 Å². The molecule has 1 aliphatic carbocycles. The highest BCUT2D eigenvalue weighted by Gasteiger charge is 2.31. The number of aliphatic hydroxyl groups excluding tert-OH is 1. The predicted molar refractivity (Wildman–Crippen MR) is 55.2 cm³/mol. The van der Waals surface area contributed by atoms with Crippen molar-refractivity contribution in [3.05, 3.63) is 0 Å². The van der Waals surface area contributed by atoms with Crippen molar-refractivity contribution in [2.45, 2.75) is 69.9 Å².